The van der Waals surface area contributed by atoms with Crippen molar-refractivity contribution in [2.75, 3.05) is 7.11 Å². The van der Waals surface area contributed by atoms with E-state index in [-0.39, 0.29) is 0 Å². The summed E-state index contributed by atoms with van der Waals surface area (Å²) >= 11 is 0. The maximum Gasteiger partial charge on any atom is 0.146 e. The Morgan fingerprint density at radius 1 is 1.00 bits per heavy atom. The van der Waals surface area contributed by atoms with Crippen LogP contribution in [0.15, 0.2) is 55.4 Å². The summed E-state index contributed by atoms with van der Waals surface area (Å²) in [5.41, 5.74) is 4.54. The van der Waals surface area contributed by atoms with Gasteiger partial charge in [0.15, 0.2) is 0 Å². The lowest BCUT2D eigenvalue weighted by atomic mass is 10.1. The van der Waals surface area contributed by atoms with Crippen LogP contribution in [0, 0.1) is 11.8 Å². The number of methoxy groups -OCH3 is 1. The number of aromatic nitrogens is 5. The van der Waals surface area contributed by atoms with Gasteiger partial charge in [0.05, 0.1) is 25.1 Å². The van der Waals surface area contributed by atoms with Crippen molar-refractivity contribution < 1.29 is 4.74 Å². The minimum Gasteiger partial charge on any atom is -0.494 e. The molecule has 6 nitrogen and oxygen atoms in total. The zero-order valence-corrected chi connectivity index (χ0v) is 13.8. The molecule has 4 aromatic heterocycles. The van der Waals surface area contributed by atoms with Crippen molar-refractivity contribution in [3.8, 4) is 28.7 Å². The Morgan fingerprint density at radius 3 is 2.56 bits per heavy atom. The van der Waals surface area contributed by atoms with Gasteiger partial charge < -0.3 is 4.74 Å². The van der Waals surface area contributed by atoms with E-state index in [0.717, 1.165) is 33.5 Å². The first-order chi connectivity index (χ1) is 12.2. The van der Waals surface area contributed by atoms with E-state index in [1.54, 1.807) is 34.9 Å². The van der Waals surface area contributed by atoms with Crippen LogP contribution < -0.4 is 4.74 Å². The lowest BCUT2D eigenvalue weighted by molar-refractivity contribution is 0.417. The van der Waals surface area contributed by atoms with Crippen molar-refractivity contribution in [1.82, 2.24) is 24.4 Å². The van der Waals surface area contributed by atoms with Crippen LogP contribution in [0.4, 0.5) is 0 Å². The Balaban J connectivity index is 1.82. The minimum atomic E-state index is 0.720. The molecule has 0 aliphatic carbocycles. The normalized spacial score (nSPS) is 10.5. The molecule has 0 aromatic carbocycles. The van der Waals surface area contributed by atoms with E-state index in [1.807, 2.05) is 43.8 Å². The lowest BCUT2D eigenvalue weighted by Crippen LogP contribution is -1.94. The van der Waals surface area contributed by atoms with Gasteiger partial charge in [-0.2, -0.15) is 10.2 Å². The molecule has 0 spiro atoms. The molecule has 0 aliphatic heterocycles. The summed E-state index contributed by atoms with van der Waals surface area (Å²) in [6.07, 6.45) is 10.9. The molecule has 0 N–H and O–H groups in total. The average Bonchev–Trinajstić information content (AvgIpc) is 3.26. The van der Waals surface area contributed by atoms with E-state index in [4.69, 9.17) is 4.74 Å². The van der Waals surface area contributed by atoms with Crippen molar-refractivity contribution in [2.45, 2.75) is 0 Å². The monoisotopic (exact) mass is 329 g/mol. The standard InChI is InChI=1S/C19H15N5O/c1-23-12-17(11-21-23)16-9-18(25-2)19-15(10-22-24(19)13-16)4-3-14-5-7-20-8-6-14/h5-13H,1-2H3. The first kappa shape index (κ1) is 15.0. The molecular weight excluding hydrogens is 314 g/mol. The van der Waals surface area contributed by atoms with Gasteiger partial charge >= 0.3 is 0 Å². The van der Waals surface area contributed by atoms with Crippen LogP contribution in [-0.4, -0.2) is 31.5 Å². The smallest absolute Gasteiger partial charge is 0.146 e. The van der Waals surface area contributed by atoms with E-state index in [9.17, 15) is 0 Å². The highest BCUT2D eigenvalue weighted by Crippen LogP contribution is 2.29. The quantitative estimate of drug-likeness (QED) is 0.530. The van der Waals surface area contributed by atoms with Gasteiger partial charge in [-0.25, -0.2) is 4.52 Å². The number of aryl methyl sites for hydroxylation is 1. The molecule has 0 saturated heterocycles. The van der Waals surface area contributed by atoms with Gasteiger partial charge in [0.2, 0.25) is 0 Å². The highest BCUT2D eigenvalue weighted by molar-refractivity contribution is 5.75. The fraction of sp³-hybridized carbons (Fsp3) is 0.105. The molecule has 0 fully saturated rings. The molecule has 0 radical (unpaired) electrons. The van der Waals surface area contributed by atoms with Crippen molar-refractivity contribution in [2.24, 2.45) is 7.05 Å². The number of ether oxygens (including phenoxy) is 1. The molecule has 0 atom stereocenters. The number of hydrogen-bond acceptors (Lipinski definition) is 4. The van der Waals surface area contributed by atoms with Gasteiger partial charge in [0, 0.05) is 48.5 Å². The molecule has 6 heteroatoms. The molecule has 0 bridgehead atoms. The molecule has 122 valence electrons. The Bertz CT molecular complexity index is 1100. The third kappa shape index (κ3) is 2.83. The zero-order chi connectivity index (χ0) is 17.2. The van der Waals surface area contributed by atoms with Crippen LogP contribution in [0.1, 0.15) is 11.1 Å². The van der Waals surface area contributed by atoms with Crippen molar-refractivity contribution in [1.29, 1.82) is 0 Å². The highest BCUT2D eigenvalue weighted by atomic mass is 16.5. The fourth-order valence-electron chi connectivity index (χ4n) is 2.63. The number of hydrogen-bond donors (Lipinski definition) is 0. The van der Waals surface area contributed by atoms with Crippen LogP contribution in [0.25, 0.3) is 16.6 Å². The average molecular weight is 329 g/mol. The zero-order valence-electron chi connectivity index (χ0n) is 13.8. The predicted octanol–water partition coefficient (Wildman–Crippen LogP) is 2.54. The molecular formula is C19H15N5O. The summed E-state index contributed by atoms with van der Waals surface area (Å²) in [5.74, 6) is 7.01. The van der Waals surface area contributed by atoms with Gasteiger partial charge in [0.25, 0.3) is 0 Å². The van der Waals surface area contributed by atoms with Crippen LogP contribution in [0.5, 0.6) is 5.75 Å². The van der Waals surface area contributed by atoms with E-state index in [1.165, 1.54) is 0 Å². The molecule has 25 heavy (non-hydrogen) atoms. The largest absolute Gasteiger partial charge is 0.494 e. The Labute approximate surface area is 144 Å². The first-order valence-electron chi connectivity index (χ1n) is 7.71. The van der Waals surface area contributed by atoms with Gasteiger partial charge in [-0.15, -0.1) is 0 Å². The summed E-state index contributed by atoms with van der Waals surface area (Å²) < 4.78 is 9.14. The Hall–Kier alpha value is -3.59. The second-order valence-corrected chi connectivity index (χ2v) is 5.54. The van der Waals surface area contributed by atoms with E-state index < -0.39 is 0 Å². The summed E-state index contributed by atoms with van der Waals surface area (Å²) in [4.78, 5) is 4.00. The second-order valence-electron chi connectivity index (χ2n) is 5.54. The molecule has 4 aromatic rings. The number of pyridine rings is 2. The molecule has 0 amide bonds. The Morgan fingerprint density at radius 2 is 1.84 bits per heavy atom. The molecule has 0 aliphatic rings. The highest BCUT2D eigenvalue weighted by Gasteiger charge is 2.12. The van der Waals surface area contributed by atoms with Crippen molar-refractivity contribution >= 4 is 5.52 Å². The van der Waals surface area contributed by atoms with E-state index in [2.05, 4.69) is 27.0 Å². The topological polar surface area (TPSA) is 57.2 Å². The van der Waals surface area contributed by atoms with Crippen LogP contribution >= 0.6 is 0 Å². The fourth-order valence-corrected chi connectivity index (χ4v) is 2.63. The van der Waals surface area contributed by atoms with Crippen molar-refractivity contribution in [3.05, 3.63) is 66.5 Å². The van der Waals surface area contributed by atoms with Gasteiger partial charge in [-0.1, -0.05) is 11.8 Å². The third-order valence-electron chi connectivity index (χ3n) is 3.86. The summed E-state index contributed by atoms with van der Waals surface area (Å²) in [6, 6.07) is 5.72. The van der Waals surface area contributed by atoms with Crippen molar-refractivity contribution in [3.63, 3.8) is 0 Å². The first-order valence-corrected chi connectivity index (χ1v) is 7.71. The second kappa shape index (κ2) is 6.13. The number of rotatable bonds is 2. The van der Waals surface area contributed by atoms with Crippen LogP contribution in [0.3, 0.4) is 0 Å². The molecule has 4 heterocycles. The summed E-state index contributed by atoms with van der Waals surface area (Å²) in [7, 11) is 3.54. The SMILES string of the molecule is COc1cc(-c2cnn(C)c2)cn2ncc(C#Cc3ccncc3)c12. The van der Waals surface area contributed by atoms with Gasteiger partial charge in [-0.3, -0.25) is 9.67 Å². The van der Waals surface area contributed by atoms with Gasteiger partial charge in [-0.05, 0) is 18.2 Å². The molecule has 4 rings (SSSR count). The maximum atomic E-state index is 5.58. The van der Waals surface area contributed by atoms with Gasteiger partial charge in [0.1, 0.15) is 11.3 Å². The minimum absolute atomic E-state index is 0.720. The number of fused-ring (bicyclic) bond motifs is 1. The molecule has 0 saturated carbocycles. The molecule has 0 unspecified atom stereocenters. The van der Waals surface area contributed by atoms with E-state index in [0.29, 0.717) is 0 Å². The van der Waals surface area contributed by atoms with E-state index >= 15 is 0 Å². The van der Waals surface area contributed by atoms with Crippen LogP contribution in [-0.2, 0) is 7.05 Å². The Kier molecular flexibility index (Phi) is 3.67. The summed E-state index contributed by atoms with van der Waals surface area (Å²) in [5, 5.41) is 8.64. The van der Waals surface area contributed by atoms with Crippen LogP contribution in [0.2, 0.25) is 0 Å². The number of nitrogens with zero attached hydrogens (tertiary/aromatic N) is 5. The lowest BCUT2D eigenvalue weighted by Gasteiger charge is -2.06. The maximum absolute atomic E-state index is 5.58. The summed E-state index contributed by atoms with van der Waals surface area (Å²) in [6.45, 7) is 0. The predicted molar refractivity (Wildman–Crippen MR) is 94.2 cm³/mol. The third-order valence-corrected chi connectivity index (χ3v) is 3.86.